The molecule has 1 aliphatic heterocycles. The maximum Gasteiger partial charge on any atom is 0.339 e. The van der Waals surface area contributed by atoms with Crippen LogP contribution in [0.1, 0.15) is 22.8 Å². The molecule has 0 unspecified atom stereocenters. The Morgan fingerprint density at radius 1 is 1.43 bits per heavy atom. The molecule has 0 saturated heterocycles. The minimum Gasteiger partial charge on any atom is -0.445 e. The molecule has 6 heteroatoms. The number of nitrogens with zero attached hydrogens (tertiary/aromatic N) is 2. The van der Waals surface area contributed by atoms with Crippen LogP contribution in [-0.4, -0.2) is 27.3 Å². The average Bonchev–Trinajstić information content (AvgIpc) is 2.84. The third kappa shape index (κ3) is 2.40. The highest BCUT2D eigenvalue weighted by Gasteiger charge is 2.42. The zero-order chi connectivity index (χ0) is 15.0. The maximum atomic E-state index is 12.4. The number of carbonyl (C=O) groups is 2. The van der Waals surface area contributed by atoms with E-state index in [9.17, 15) is 9.59 Å². The number of benzene rings is 1. The summed E-state index contributed by atoms with van der Waals surface area (Å²) in [5.41, 5.74) is 0.682. The van der Waals surface area contributed by atoms with Crippen LogP contribution in [0.5, 0.6) is 0 Å². The second-order valence-corrected chi connectivity index (χ2v) is 5.31. The van der Waals surface area contributed by atoms with Gasteiger partial charge in [-0.25, -0.2) is 4.79 Å². The normalized spacial score (nSPS) is 20.6. The second-order valence-electron chi connectivity index (χ2n) is 5.31. The lowest BCUT2D eigenvalue weighted by molar-refractivity contribution is -0.134. The molecule has 1 aromatic carbocycles. The van der Waals surface area contributed by atoms with Crippen LogP contribution in [0.15, 0.2) is 36.7 Å². The Morgan fingerprint density at radius 2 is 2.19 bits per heavy atom. The van der Waals surface area contributed by atoms with E-state index in [1.807, 2.05) is 12.1 Å². The van der Waals surface area contributed by atoms with Crippen LogP contribution in [0.25, 0.3) is 0 Å². The Morgan fingerprint density at radius 3 is 2.90 bits per heavy atom. The number of aryl methyl sites for hydroxylation is 1. The largest absolute Gasteiger partial charge is 0.445 e. The molecule has 1 aromatic heterocycles. The van der Waals surface area contributed by atoms with Crippen molar-refractivity contribution in [3.05, 3.63) is 47.8 Å². The van der Waals surface area contributed by atoms with E-state index in [1.54, 1.807) is 43.2 Å². The maximum absolute atomic E-state index is 12.4. The molecule has 21 heavy (non-hydrogen) atoms. The van der Waals surface area contributed by atoms with Gasteiger partial charge in [-0.05, 0) is 18.6 Å². The highest BCUT2D eigenvalue weighted by Crippen LogP contribution is 2.29. The summed E-state index contributed by atoms with van der Waals surface area (Å²) in [5, 5.41) is 6.71. The van der Waals surface area contributed by atoms with Crippen LogP contribution in [0.3, 0.4) is 0 Å². The molecule has 1 aliphatic rings. The molecule has 3 rings (SSSR count). The summed E-state index contributed by atoms with van der Waals surface area (Å²) in [4.78, 5) is 24.5. The lowest BCUT2D eigenvalue weighted by Crippen LogP contribution is -2.48. The molecule has 2 heterocycles. The first-order valence-corrected chi connectivity index (χ1v) is 6.59. The zero-order valence-corrected chi connectivity index (χ0v) is 11.8. The molecule has 0 spiro atoms. The van der Waals surface area contributed by atoms with Gasteiger partial charge in [0.2, 0.25) is 0 Å². The topological polar surface area (TPSA) is 73.2 Å². The lowest BCUT2D eigenvalue weighted by atomic mass is 9.89. The molecule has 0 bridgehead atoms. The van der Waals surface area contributed by atoms with Gasteiger partial charge in [0.15, 0.2) is 5.60 Å². The van der Waals surface area contributed by atoms with Crippen LogP contribution in [0.4, 0.5) is 5.69 Å². The van der Waals surface area contributed by atoms with Crippen molar-refractivity contribution in [1.82, 2.24) is 9.78 Å². The fraction of sp³-hybridized carbons (Fsp3) is 0.267. The molecule has 0 saturated carbocycles. The van der Waals surface area contributed by atoms with Crippen molar-refractivity contribution < 1.29 is 14.3 Å². The minimum atomic E-state index is -1.22. The summed E-state index contributed by atoms with van der Waals surface area (Å²) in [6.45, 7) is 1.62. The number of anilines is 1. The van der Waals surface area contributed by atoms with Gasteiger partial charge in [0, 0.05) is 19.7 Å². The van der Waals surface area contributed by atoms with Crippen LogP contribution >= 0.6 is 0 Å². The van der Waals surface area contributed by atoms with Crippen molar-refractivity contribution in [1.29, 1.82) is 0 Å². The van der Waals surface area contributed by atoms with Crippen LogP contribution in [0, 0.1) is 0 Å². The average molecular weight is 285 g/mol. The highest BCUT2D eigenvalue weighted by molar-refractivity contribution is 6.02. The third-order valence-electron chi connectivity index (χ3n) is 3.53. The minimum absolute atomic E-state index is 0.348. The van der Waals surface area contributed by atoms with Gasteiger partial charge in [-0.15, -0.1) is 0 Å². The van der Waals surface area contributed by atoms with Crippen molar-refractivity contribution in [3.63, 3.8) is 0 Å². The Labute approximate surface area is 121 Å². The molecule has 1 amide bonds. The SMILES string of the molecule is Cn1cc(NC(=O)[C@@]2(C)Cc3ccccc3C(=O)O2)cn1. The monoisotopic (exact) mass is 285 g/mol. The fourth-order valence-corrected chi connectivity index (χ4v) is 2.41. The van der Waals surface area contributed by atoms with Crippen molar-refractivity contribution in [2.24, 2.45) is 7.05 Å². The van der Waals surface area contributed by atoms with E-state index in [1.165, 1.54) is 0 Å². The summed E-state index contributed by atoms with van der Waals surface area (Å²) in [5.74, 6) is -0.834. The Hall–Kier alpha value is -2.63. The Kier molecular flexibility index (Phi) is 3.01. The van der Waals surface area contributed by atoms with Crippen LogP contribution in [-0.2, 0) is 23.0 Å². The number of ether oxygens (including phenoxy) is 1. The number of hydrogen-bond donors (Lipinski definition) is 1. The summed E-state index contributed by atoms with van der Waals surface area (Å²) in [7, 11) is 1.76. The molecule has 0 aliphatic carbocycles. The second kappa shape index (κ2) is 4.73. The van der Waals surface area contributed by atoms with Crippen molar-refractivity contribution in [2.45, 2.75) is 18.9 Å². The summed E-state index contributed by atoms with van der Waals surface area (Å²) in [6.07, 6.45) is 3.57. The van der Waals surface area contributed by atoms with Gasteiger partial charge < -0.3 is 10.1 Å². The van der Waals surface area contributed by atoms with E-state index in [2.05, 4.69) is 10.4 Å². The standard InChI is InChI=1S/C15H15N3O3/c1-15(14(20)17-11-8-16-18(2)9-11)7-10-5-3-4-6-12(10)13(19)21-15/h3-6,8-9H,7H2,1-2H3,(H,17,20)/t15-/m1/s1. The predicted octanol–water partition coefficient (Wildman–Crippen LogP) is 1.53. The van der Waals surface area contributed by atoms with Crippen molar-refractivity contribution in [3.8, 4) is 0 Å². The van der Waals surface area contributed by atoms with Crippen LogP contribution < -0.4 is 5.32 Å². The first kappa shape index (κ1) is 13.4. The van der Waals surface area contributed by atoms with E-state index < -0.39 is 11.6 Å². The number of hydrogen-bond acceptors (Lipinski definition) is 4. The summed E-state index contributed by atoms with van der Waals surface area (Å²) in [6, 6.07) is 7.16. The first-order valence-electron chi connectivity index (χ1n) is 6.59. The molecule has 1 atom stereocenters. The molecular formula is C15H15N3O3. The first-order chi connectivity index (χ1) is 9.98. The number of cyclic esters (lactones) is 1. The van der Waals surface area contributed by atoms with Gasteiger partial charge in [0.05, 0.1) is 17.4 Å². The van der Waals surface area contributed by atoms with E-state index >= 15 is 0 Å². The van der Waals surface area contributed by atoms with Crippen molar-refractivity contribution >= 4 is 17.6 Å². The smallest absolute Gasteiger partial charge is 0.339 e. The predicted molar refractivity (Wildman–Crippen MR) is 75.8 cm³/mol. The highest BCUT2D eigenvalue weighted by atomic mass is 16.6. The number of nitrogens with one attached hydrogen (secondary N) is 1. The van der Waals surface area contributed by atoms with Gasteiger partial charge in [-0.2, -0.15) is 5.10 Å². The van der Waals surface area contributed by atoms with Gasteiger partial charge in [-0.1, -0.05) is 18.2 Å². The number of aromatic nitrogens is 2. The van der Waals surface area contributed by atoms with Gasteiger partial charge in [0.25, 0.3) is 5.91 Å². The van der Waals surface area contributed by atoms with Gasteiger partial charge >= 0.3 is 5.97 Å². The lowest BCUT2D eigenvalue weighted by Gasteiger charge is -2.32. The van der Waals surface area contributed by atoms with E-state index in [-0.39, 0.29) is 5.91 Å². The molecule has 6 nitrogen and oxygen atoms in total. The quantitative estimate of drug-likeness (QED) is 0.849. The Balaban J connectivity index is 1.85. The fourth-order valence-electron chi connectivity index (χ4n) is 2.41. The number of esters is 1. The molecule has 0 radical (unpaired) electrons. The zero-order valence-electron chi connectivity index (χ0n) is 11.8. The van der Waals surface area contributed by atoms with E-state index in [4.69, 9.17) is 4.74 Å². The molecule has 2 aromatic rings. The summed E-state index contributed by atoms with van der Waals surface area (Å²) < 4.78 is 6.95. The molecule has 108 valence electrons. The van der Waals surface area contributed by atoms with E-state index in [0.717, 1.165) is 5.56 Å². The molecule has 1 N–H and O–H groups in total. The number of amides is 1. The van der Waals surface area contributed by atoms with Crippen LogP contribution in [0.2, 0.25) is 0 Å². The molecule has 0 fully saturated rings. The van der Waals surface area contributed by atoms with Gasteiger partial charge in [0.1, 0.15) is 0 Å². The molecular weight excluding hydrogens is 270 g/mol. The van der Waals surface area contributed by atoms with E-state index in [0.29, 0.717) is 17.7 Å². The number of fused-ring (bicyclic) bond motifs is 1. The summed E-state index contributed by atoms with van der Waals surface area (Å²) >= 11 is 0. The number of carbonyl (C=O) groups excluding carboxylic acids is 2. The Bertz CT molecular complexity index is 722. The number of rotatable bonds is 2. The third-order valence-corrected chi connectivity index (χ3v) is 3.53. The van der Waals surface area contributed by atoms with Crippen molar-refractivity contribution in [2.75, 3.05) is 5.32 Å². The van der Waals surface area contributed by atoms with Gasteiger partial charge in [-0.3, -0.25) is 9.48 Å².